The Kier molecular flexibility index (Phi) is 5.12. The Morgan fingerprint density at radius 3 is 2.67 bits per heavy atom. The number of nitrogens with zero attached hydrogens (tertiary/aromatic N) is 1. The monoisotopic (exact) mass is 371 g/mol. The van der Waals surface area contributed by atoms with E-state index in [2.05, 4.69) is 10.3 Å². The van der Waals surface area contributed by atoms with Crippen molar-refractivity contribution in [2.24, 2.45) is 5.92 Å². The Balaban J connectivity index is 1.76. The van der Waals surface area contributed by atoms with Crippen molar-refractivity contribution in [2.45, 2.75) is 32.9 Å². The standard InChI is InChI=1S/C20H22FN3O3/c1-11-6-13(4-5-16(11)21)10-24(3)20(27)15-8-14(9-22-19(15)26)18(25)23-17-7-12(17)2/h4-6,8-9,12,17H,7,10H2,1-3H3,(H,22,26)(H,23,25). The number of H-pyrrole nitrogens is 1. The summed E-state index contributed by atoms with van der Waals surface area (Å²) in [7, 11) is 1.55. The van der Waals surface area contributed by atoms with Gasteiger partial charge in [0.05, 0.1) is 5.56 Å². The third-order valence-electron chi connectivity index (χ3n) is 4.81. The summed E-state index contributed by atoms with van der Waals surface area (Å²) >= 11 is 0. The summed E-state index contributed by atoms with van der Waals surface area (Å²) in [5, 5.41) is 2.86. The van der Waals surface area contributed by atoms with Crippen LogP contribution in [-0.2, 0) is 6.54 Å². The van der Waals surface area contributed by atoms with Crippen LogP contribution >= 0.6 is 0 Å². The summed E-state index contributed by atoms with van der Waals surface area (Å²) in [6.45, 7) is 3.91. The molecule has 0 radical (unpaired) electrons. The summed E-state index contributed by atoms with van der Waals surface area (Å²) in [5.41, 5.74) is 0.811. The number of aromatic nitrogens is 1. The van der Waals surface area contributed by atoms with Crippen molar-refractivity contribution < 1.29 is 14.0 Å². The Morgan fingerprint density at radius 2 is 2.04 bits per heavy atom. The van der Waals surface area contributed by atoms with E-state index in [1.54, 1.807) is 26.1 Å². The maximum absolute atomic E-state index is 13.4. The van der Waals surface area contributed by atoms with Crippen LogP contribution in [0.5, 0.6) is 0 Å². The number of nitrogens with one attached hydrogen (secondary N) is 2. The molecule has 1 aromatic carbocycles. The Labute approximate surface area is 156 Å². The van der Waals surface area contributed by atoms with Crippen molar-refractivity contribution in [1.82, 2.24) is 15.2 Å². The zero-order valence-corrected chi connectivity index (χ0v) is 15.5. The maximum Gasteiger partial charge on any atom is 0.260 e. The van der Waals surface area contributed by atoms with Crippen LogP contribution in [0.1, 0.15) is 45.2 Å². The average Bonchev–Trinajstić information content (AvgIpc) is 3.32. The normalized spacial score (nSPS) is 18.1. The van der Waals surface area contributed by atoms with Gasteiger partial charge in [0.15, 0.2) is 0 Å². The van der Waals surface area contributed by atoms with Crippen molar-refractivity contribution in [3.8, 4) is 0 Å². The molecule has 1 aliphatic carbocycles. The molecular weight excluding hydrogens is 349 g/mol. The number of aromatic amines is 1. The smallest absolute Gasteiger partial charge is 0.260 e. The molecule has 2 aromatic rings. The second-order valence-electron chi connectivity index (χ2n) is 7.17. The van der Waals surface area contributed by atoms with Crippen molar-refractivity contribution in [1.29, 1.82) is 0 Å². The van der Waals surface area contributed by atoms with Gasteiger partial charge in [-0.2, -0.15) is 0 Å². The predicted molar refractivity (Wildman–Crippen MR) is 99.0 cm³/mol. The number of amides is 2. The highest BCUT2D eigenvalue weighted by Gasteiger charge is 2.34. The van der Waals surface area contributed by atoms with Gasteiger partial charge in [-0.15, -0.1) is 0 Å². The molecule has 1 saturated carbocycles. The second kappa shape index (κ2) is 7.34. The minimum Gasteiger partial charge on any atom is -0.349 e. The van der Waals surface area contributed by atoms with E-state index in [4.69, 9.17) is 0 Å². The number of benzene rings is 1. The fraction of sp³-hybridized carbons (Fsp3) is 0.350. The number of pyridine rings is 1. The van der Waals surface area contributed by atoms with Gasteiger partial charge < -0.3 is 15.2 Å². The molecule has 0 bridgehead atoms. The van der Waals surface area contributed by atoms with Gasteiger partial charge in [0.25, 0.3) is 17.4 Å². The van der Waals surface area contributed by atoms with Crippen molar-refractivity contribution in [3.63, 3.8) is 0 Å². The first-order valence-corrected chi connectivity index (χ1v) is 8.80. The lowest BCUT2D eigenvalue weighted by Crippen LogP contribution is -2.33. The van der Waals surface area contributed by atoms with E-state index in [1.807, 2.05) is 6.92 Å². The number of halogens is 1. The molecule has 0 aliphatic heterocycles. The molecule has 2 atom stereocenters. The number of carbonyl (C=O) groups is 2. The van der Waals surface area contributed by atoms with E-state index >= 15 is 0 Å². The van der Waals surface area contributed by atoms with Gasteiger partial charge >= 0.3 is 0 Å². The fourth-order valence-electron chi connectivity index (χ4n) is 2.91. The number of rotatable bonds is 5. The summed E-state index contributed by atoms with van der Waals surface area (Å²) in [5.74, 6) is -0.685. The zero-order chi connectivity index (χ0) is 19.7. The van der Waals surface area contributed by atoms with E-state index in [1.165, 1.54) is 23.2 Å². The van der Waals surface area contributed by atoms with Gasteiger partial charge in [-0.05, 0) is 42.5 Å². The van der Waals surface area contributed by atoms with Gasteiger partial charge in [0.1, 0.15) is 11.4 Å². The van der Waals surface area contributed by atoms with Crippen LogP contribution in [0.25, 0.3) is 0 Å². The lowest BCUT2D eigenvalue weighted by Gasteiger charge is -2.17. The molecule has 2 amide bonds. The van der Waals surface area contributed by atoms with Gasteiger partial charge in [0, 0.05) is 25.8 Å². The van der Waals surface area contributed by atoms with Crippen molar-refractivity contribution in [2.75, 3.05) is 7.05 Å². The SMILES string of the molecule is Cc1cc(CN(C)C(=O)c2cc(C(=O)NC3CC3C)c[nH]c2=O)ccc1F. The molecule has 142 valence electrons. The van der Waals surface area contributed by atoms with Crippen molar-refractivity contribution in [3.05, 3.63) is 68.9 Å². The Bertz CT molecular complexity index is 954. The highest BCUT2D eigenvalue weighted by molar-refractivity contribution is 5.99. The van der Waals surface area contributed by atoms with Gasteiger partial charge in [-0.3, -0.25) is 14.4 Å². The van der Waals surface area contributed by atoms with Crippen LogP contribution in [0.4, 0.5) is 4.39 Å². The number of aryl methyl sites for hydroxylation is 1. The first-order valence-electron chi connectivity index (χ1n) is 8.80. The average molecular weight is 371 g/mol. The quantitative estimate of drug-likeness (QED) is 0.846. The molecule has 1 fully saturated rings. The summed E-state index contributed by atoms with van der Waals surface area (Å²) in [6, 6.07) is 6.06. The minimum atomic E-state index is -0.557. The van der Waals surface area contributed by atoms with Gasteiger partial charge in [-0.25, -0.2) is 4.39 Å². The second-order valence-corrected chi connectivity index (χ2v) is 7.17. The predicted octanol–water partition coefficient (Wildman–Crippen LogP) is 2.23. The highest BCUT2D eigenvalue weighted by atomic mass is 19.1. The summed E-state index contributed by atoms with van der Waals surface area (Å²) in [4.78, 5) is 40.9. The molecule has 1 aliphatic rings. The molecule has 0 saturated heterocycles. The molecule has 0 spiro atoms. The lowest BCUT2D eigenvalue weighted by atomic mass is 10.1. The van der Waals surface area contributed by atoms with Crippen LogP contribution in [0.2, 0.25) is 0 Å². The number of carbonyl (C=O) groups excluding carboxylic acids is 2. The van der Waals surface area contributed by atoms with E-state index in [0.717, 1.165) is 12.0 Å². The highest BCUT2D eigenvalue weighted by Crippen LogP contribution is 2.29. The van der Waals surface area contributed by atoms with Crippen LogP contribution in [0.3, 0.4) is 0 Å². The third-order valence-corrected chi connectivity index (χ3v) is 4.81. The van der Waals surface area contributed by atoms with E-state index < -0.39 is 11.5 Å². The fourth-order valence-corrected chi connectivity index (χ4v) is 2.91. The topological polar surface area (TPSA) is 82.3 Å². The molecule has 2 unspecified atom stereocenters. The largest absolute Gasteiger partial charge is 0.349 e. The van der Waals surface area contributed by atoms with Crippen LogP contribution in [0.15, 0.2) is 35.3 Å². The molecule has 7 heteroatoms. The van der Waals surface area contributed by atoms with E-state index in [9.17, 15) is 18.8 Å². The van der Waals surface area contributed by atoms with Crippen LogP contribution < -0.4 is 10.9 Å². The van der Waals surface area contributed by atoms with Gasteiger partial charge in [0.2, 0.25) is 0 Å². The Hall–Kier alpha value is -2.96. The maximum atomic E-state index is 13.4. The van der Waals surface area contributed by atoms with Crippen molar-refractivity contribution >= 4 is 11.8 Å². The zero-order valence-electron chi connectivity index (χ0n) is 15.5. The minimum absolute atomic E-state index is 0.104. The molecule has 2 N–H and O–H groups in total. The molecule has 6 nitrogen and oxygen atoms in total. The number of hydrogen-bond donors (Lipinski definition) is 2. The summed E-state index contributed by atoms with van der Waals surface area (Å²) < 4.78 is 13.4. The van der Waals surface area contributed by atoms with Crippen LogP contribution in [-0.4, -0.2) is 34.8 Å². The summed E-state index contributed by atoms with van der Waals surface area (Å²) in [6.07, 6.45) is 2.24. The van der Waals surface area contributed by atoms with Crippen LogP contribution in [0, 0.1) is 18.7 Å². The molecule has 3 rings (SSSR count). The molecular formula is C20H22FN3O3. The number of hydrogen-bond acceptors (Lipinski definition) is 3. The third kappa shape index (κ3) is 4.24. The molecule has 27 heavy (non-hydrogen) atoms. The Morgan fingerprint density at radius 1 is 1.33 bits per heavy atom. The molecule has 1 aromatic heterocycles. The first kappa shape index (κ1) is 18.8. The van der Waals surface area contributed by atoms with E-state index in [-0.39, 0.29) is 35.4 Å². The first-order chi connectivity index (χ1) is 12.8. The van der Waals surface area contributed by atoms with E-state index in [0.29, 0.717) is 11.5 Å². The lowest BCUT2D eigenvalue weighted by molar-refractivity contribution is 0.0783. The molecule has 1 heterocycles. The van der Waals surface area contributed by atoms with Gasteiger partial charge in [-0.1, -0.05) is 19.1 Å².